The van der Waals surface area contributed by atoms with Gasteiger partial charge in [-0.15, -0.1) is 0 Å². The van der Waals surface area contributed by atoms with Crippen molar-refractivity contribution in [3.63, 3.8) is 0 Å². The number of anilines is 1. The Morgan fingerprint density at radius 3 is 2.94 bits per heavy atom. The first-order valence-corrected chi connectivity index (χ1v) is 5.63. The summed E-state index contributed by atoms with van der Waals surface area (Å²) in [4.78, 5) is 35.5. The molecule has 0 saturated carbocycles. The largest absolute Gasteiger partial charge is 0.465 e. The molecule has 1 atom stereocenters. The van der Waals surface area contributed by atoms with Gasteiger partial charge in [0.15, 0.2) is 0 Å². The Morgan fingerprint density at radius 1 is 1.50 bits per heavy atom. The van der Waals surface area contributed by atoms with Gasteiger partial charge in [-0.05, 0) is 24.6 Å². The molecule has 1 aliphatic heterocycles. The van der Waals surface area contributed by atoms with Crippen molar-refractivity contribution < 1.29 is 19.1 Å². The van der Waals surface area contributed by atoms with E-state index in [1.165, 1.54) is 12.0 Å². The molecule has 1 saturated heterocycles. The molecular formula is C13H13NO4. The minimum Gasteiger partial charge on any atom is -0.465 e. The van der Waals surface area contributed by atoms with Crippen molar-refractivity contribution in [2.45, 2.75) is 18.9 Å². The Kier molecular flexibility index (Phi) is 3.41. The number of hydrogen-bond acceptors (Lipinski definition) is 4. The van der Waals surface area contributed by atoms with Gasteiger partial charge in [-0.1, -0.05) is 6.07 Å². The second-order valence-electron chi connectivity index (χ2n) is 4.05. The number of esters is 1. The zero-order chi connectivity index (χ0) is 13.1. The molecule has 0 radical (unpaired) electrons. The molecule has 5 heteroatoms. The summed E-state index contributed by atoms with van der Waals surface area (Å²) in [5, 5.41) is 0. The van der Waals surface area contributed by atoms with Gasteiger partial charge in [0.2, 0.25) is 5.91 Å². The molecule has 1 heterocycles. The summed E-state index contributed by atoms with van der Waals surface area (Å²) < 4.78 is 4.62. The number of aldehydes is 1. The first-order chi connectivity index (χ1) is 8.67. The number of amides is 1. The van der Waals surface area contributed by atoms with Crippen LogP contribution in [-0.2, 0) is 14.3 Å². The number of benzene rings is 1. The molecule has 0 N–H and O–H groups in total. The quantitative estimate of drug-likeness (QED) is 0.594. The third-order valence-electron chi connectivity index (χ3n) is 2.96. The van der Waals surface area contributed by atoms with Crippen LogP contribution in [0.25, 0.3) is 0 Å². The van der Waals surface area contributed by atoms with E-state index >= 15 is 0 Å². The zero-order valence-corrected chi connectivity index (χ0v) is 9.96. The SMILES string of the molecule is COC(=O)c1cccc(N2C(=O)CC[C@@H]2C=O)c1. The first-order valence-electron chi connectivity index (χ1n) is 5.63. The molecule has 1 aromatic rings. The fourth-order valence-electron chi connectivity index (χ4n) is 2.07. The molecule has 0 aliphatic carbocycles. The highest BCUT2D eigenvalue weighted by molar-refractivity contribution is 6.01. The Balaban J connectivity index is 2.35. The third kappa shape index (κ3) is 2.11. The number of rotatable bonds is 3. The number of carbonyl (C=O) groups excluding carboxylic acids is 3. The summed E-state index contributed by atoms with van der Waals surface area (Å²) in [6.45, 7) is 0. The van der Waals surface area contributed by atoms with Crippen molar-refractivity contribution in [1.82, 2.24) is 0 Å². The normalized spacial score (nSPS) is 18.8. The van der Waals surface area contributed by atoms with Crippen LogP contribution < -0.4 is 4.90 Å². The maximum Gasteiger partial charge on any atom is 0.337 e. The van der Waals surface area contributed by atoms with E-state index in [2.05, 4.69) is 4.74 Å². The van der Waals surface area contributed by atoms with Crippen molar-refractivity contribution in [3.05, 3.63) is 29.8 Å². The highest BCUT2D eigenvalue weighted by Crippen LogP contribution is 2.26. The molecule has 1 fully saturated rings. The van der Waals surface area contributed by atoms with Crippen molar-refractivity contribution >= 4 is 23.9 Å². The summed E-state index contributed by atoms with van der Waals surface area (Å²) in [7, 11) is 1.30. The van der Waals surface area contributed by atoms with Crippen molar-refractivity contribution in [2.24, 2.45) is 0 Å². The maximum absolute atomic E-state index is 11.7. The lowest BCUT2D eigenvalue weighted by Crippen LogP contribution is -2.33. The molecule has 0 aromatic heterocycles. The second-order valence-corrected chi connectivity index (χ2v) is 4.05. The minimum absolute atomic E-state index is 0.103. The van der Waals surface area contributed by atoms with E-state index in [9.17, 15) is 14.4 Å². The fourth-order valence-corrected chi connectivity index (χ4v) is 2.07. The molecule has 0 bridgehead atoms. The lowest BCUT2D eigenvalue weighted by Gasteiger charge is -2.21. The minimum atomic E-state index is -0.467. The lowest BCUT2D eigenvalue weighted by atomic mass is 10.1. The van der Waals surface area contributed by atoms with Crippen LogP contribution >= 0.6 is 0 Å². The van der Waals surface area contributed by atoms with Crippen LogP contribution in [0, 0.1) is 0 Å². The van der Waals surface area contributed by atoms with Gasteiger partial charge in [0.1, 0.15) is 6.29 Å². The van der Waals surface area contributed by atoms with Gasteiger partial charge in [-0.2, -0.15) is 0 Å². The zero-order valence-electron chi connectivity index (χ0n) is 9.96. The molecule has 1 aliphatic rings. The number of methoxy groups -OCH3 is 1. The Labute approximate surface area is 104 Å². The summed E-state index contributed by atoms with van der Waals surface area (Å²) >= 11 is 0. The predicted molar refractivity (Wildman–Crippen MR) is 64.4 cm³/mol. The fraction of sp³-hybridized carbons (Fsp3) is 0.308. The Bertz CT molecular complexity index is 498. The van der Waals surface area contributed by atoms with E-state index in [0.717, 1.165) is 6.29 Å². The van der Waals surface area contributed by atoms with E-state index in [1.807, 2.05) is 0 Å². The monoisotopic (exact) mass is 247 g/mol. The standard InChI is InChI=1S/C13H13NO4/c1-18-13(17)9-3-2-4-10(7-9)14-11(8-15)5-6-12(14)16/h2-4,7-8,11H,5-6H2,1H3/t11-/m1/s1. The van der Waals surface area contributed by atoms with Crippen LogP contribution in [0.4, 0.5) is 5.69 Å². The summed E-state index contributed by atoms with van der Waals surface area (Å²) in [5.74, 6) is -0.569. The van der Waals surface area contributed by atoms with E-state index in [0.29, 0.717) is 24.1 Å². The molecule has 2 rings (SSSR count). The number of nitrogens with zero attached hydrogens (tertiary/aromatic N) is 1. The van der Waals surface area contributed by atoms with Gasteiger partial charge >= 0.3 is 5.97 Å². The number of ether oxygens (including phenoxy) is 1. The van der Waals surface area contributed by atoms with Crippen LogP contribution in [0.5, 0.6) is 0 Å². The molecule has 94 valence electrons. The van der Waals surface area contributed by atoms with Crippen molar-refractivity contribution in [1.29, 1.82) is 0 Å². The molecular weight excluding hydrogens is 234 g/mol. The van der Waals surface area contributed by atoms with Crippen molar-refractivity contribution in [3.8, 4) is 0 Å². The topological polar surface area (TPSA) is 63.7 Å². The number of carbonyl (C=O) groups is 3. The van der Waals surface area contributed by atoms with Gasteiger partial charge < -0.3 is 14.4 Å². The molecule has 1 aromatic carbocycles. The van der Waals surface area contributed by atoms with Crippen LogP contribution in [-0.4, -0.2) is 31.3 Å². The molecule has 0 spiro atoms. The number of hydrogen-bond donors (Lipinski definition) is 0. The molecule has 0 unspecified atom stereocenters. The Hall–Kier alpha value is -2.17. The van der Waals surface area contributed by atoms with E-state index in [4.69, 9.17) is 0 Å². The summed E-state index contributed by atoms with van der Waals surface area (Å²) in [6, 6.07) is 6.09. The molecule has 18 heavy (non-hydrogen) atoms. The van der Waals surface area contributed by atoms with E-state index in [-0.39, 0.29) is 5.91 Å². The van der Waals surface area contributed by atoms with Gasteiger partial charge in [0.05, 0.1) is 18.7 Å². The first kappa shape index (κ1) is 12.3. The molecule has 1 amide bonds. The summed E-state index contributed by atoms with van der Waals surface area (Å²) in [5.41, 5.74) is 0.914. The van der Waals surface area contributed by atoms with Gasteiger partial charge in [-0.3, -0.25) is 4.79 Å². The van der Waals surface area contributed by atoms with Gasteiger partial charge in [0.25, 0.3) is 0 Å². The Morgan fingerprint density at radius 2 is 2.28 bits per heavy atom. The van der Waals surface area contributed by atoms with Gasteiger partial charge in [-0.25, -0.2) is 4.79 Å². The highest BCUT2D eigenvalue weighted by Gasteiger charge is 2.32. The van der Waals surface area contributed by atoms with Crippen LogP contribution in [0.3, 0.4) is 0 Å². The van der Waals surface area contributed by atoms with Crippen LogP contribution in [0.2, 0.25) is 0 Å². The van der Waals surface area contributed by atoms with Crippen LogP contribution in [0.1, 0.15) is 23.2 Å². The van der Waals surface area contributed by atoms with E-state index in [1.54, 1.807) is 24.3 Å². The average molecular weight is 247 g/mol. The summed E-state index contributed by atoms with van der Waals surface area (Å²) in [6.07, 6.45) is 1.63. The molecule has 5 nitrogen and oxygen atoms in total. The maximum atomic E-state index is 11.7. The van der Waals surface area contributed by atoms with Gasteiger partial charge in [0, 0.05) is 12.1 Å². The predicted octanol–water partition coefficient (Wildman–Crippen LogP) is 1.17. The lowest BCUT2D eigenvalue weighted by molar-refractivity contribution is -0.118. The third-order valence-corrected chi connectivity index (χ3v) is 2.96. The van der Waals surface area contributed by atoms with Crippen LogP contribution in [0.15, 0.2) is 24.3 Å². The second kappa shape index (κ2) is 5.00. The van der Waals surface area contributed by atoms with Crippen molar-refractivity contribution in [2.75, 3.05) is 12.0 Å². The highest BCUT2D eigenvalue weighted by atomic mass is 16.5. The van der Waals surface area contributed by atoms with E-state index < -0.39 is 12.0 Å². The smallest absolute Gasteiger partial charge is 0.337 e. The average Bonchev–Trinajstić information content (AvgIpc) is 2.79.